The van der Waals surface area contributed by atoms with E-state index in [0.717, 1.165) is 23.3 Å². The fourth-order valence-electron chi connectivity index (χ4n) is 2.74. The van der Waals surface area contributed by atoms with Gasteiger partial charge in [-0.3, -0.25) is 4.99 Å². The second kappa shape index (κ2) is 14.0. The van der Waals surface area contributed by atoms with Crippen molar-refractivity contribution >= 4 is 40.0 Å². The highest BCUT2D eigenvalue weighted by Crippen LogP contribution is 2.23. The van der Waals surface area contributed by atoms with Crippen LogP contribution in [0.25, 0.3) is 0 Å². The van der Waals surface area contributed by atoms with E-state index >= 15 is 0 Å². The minimum atomic E-state index is -3.18. The molecule has 1 atom stereocenters. The summed E-state index contributed by atoms with van der Waals surface area (Å²) in [5, 5.41) is 6.36. The van der Waals surface area contributed by atoms with Crippen molar-refractivity contribution in [3.63, 3.8) is 0 Å². The number of aliphatic imine (C=N–C) groups is 1. The van der Waals surface area contributed by atoms with E-state index in [-0.39, 0.29) is 35.8 Å². The van der Waals surface area contributed by atoms with E-state index < -0.39 is 10.0 Å². The minimum absolute atomic E-state index is 0. The maximum Gasteiger partial charge on any atom is 0.211 e. The van der Waals surface area contributed by atoms with Crippen molar-refractivity contribution in [1.29, 1.82) is 0 Å². The van der Waals surface area contributed by atoms with E-state index in [1.54, 1.807) is 14.0 Å². The first-order valence-corrected chi connectivity index (χ1v) is 11.5. The highest BCUT2D eigenvalue weighted by atomic mass is 127. The van der Waals surface area contributed by atoms with Crippen LogP contribution in [0.5, 0.6) is 5.75 Å². The Hall–Kier alpha value is -1.07. The summed E-state index contributed by atoms with van der Waals surface area (Å²) in [6, 6.07) is 6.18. The Balaban J connectivity index is 0.00000784. The van der Waals surface area contributed by atoms with E-state index in [1.165, 1.54) is 0 Å². The van der Waals surface area contributed by atoms with Crippen LogP contribution < -0.4 is 20.1 Å². The highest BCUT2D eigenvalue weighted by molar-refractivity contribution is 14.0. The first-order chi connectivity index (χ1) is 13.2. The van der Waals surface area contributed by atoms with Gasteiger partial charge in [-0.2, -0.15) is 0 Å². The summed E-state index contributed by atoms with van der Waals surface area (Å²) in [6.45, 7) is 11.4. The van der Waals surface area contributed by atoms with Gasteiger partial charge in [-0.05, 0) is 44.7 Å². The minimum Gasteiger partial charge on any atom is -0.490 e. The largest absolute Gasteiger partial charge is 0.490 e. The number of nitrogens with zero attached hydrogens (tertiary/aromatic N) is 1. The number of hydrogen-bond donors (Lipinski definition) is 3. The fourth-order valence-corrected chi connectivity index (χ4v) is 3.35. The molecule has 0 aromatic heterocycles. The quantitative estimate of drug-likeness (QED) is 0.174. The van der Waals surface area contributed by atoms with Gasteiger partial charge in [-0.15, -0.1) is 24.0 Å². The molecule has 0 saturated carbocycles. The summed E-state index contributed by atoms with van der Waals surface area (Å²) >= 11 is 0. The Morgan fingerprint density at radius 2 is 1.86 bits per heavy atom. The molecule has 1 aromatic carbocycles. The Morgan fingerprint density at radius 1 is 1.17 bits per heavy atom. The number of hydrogen-bond acceptors (Lipinski definition) is 4. The number of rotatable bonds is 11. The molecule has 1 rings (SSSR count). The molecule has 0 heterocycles. The third kappa shape index (κ3) is 11.6. The normalized spacial score (nSPS) is 13.0. The first-order valence-electron chi connectivity index (χ1n) is 9.84. The van der Waals surface area contributed by atoms with E-state index in [2.05, 4.69) is 66.2 Å². The fraction of sp³-hybridized carbons (Fsp3) is 0.650. The lowest BCUT2D eigenvalue weighted by Gasteiger charge is -2.20. The predicted octanol–water partition coefficient (Wildman–Crippen LogP) is 3.03. The summed E-state index contributed by atoms with van der Waals surface area (Å²) in [5.41, 5.74) is 2.21. The molecule has 0 radical (unpaired) electrons. The van der Waals surface area contributed by atoms with Crippen LogP contribution in [-0.4, -0.2) is 46.4 Å². The summed E-state index contributed by atoms with van der Waals surface area (Å²) < 4.78 is 31.6. The molecule has 0 spiro atoms. The Labute approximate surface area is 193 Å². The number of sulfonamides is 1. The van der Waals surface area contributed by atoms with Gasteiger partial charge in [0.25, 0.3) is 0 Å². The van der Waals surface area contributed by atoms with Gasteiger partial charge in [0, 0.05) is 32.2 Å². The summed E-state index contributed by atoms with van der Waals surface area (Å²) in [6.07, 6.45) is 1.14. The lowest BCUT2D eigenvalue weighted by atomic mass is 10.1. The number of guanidine groups is 1. The Bertz CT molecular complexity index is 739. The summed E-state index contributed by atoms with van der Waals surface area (Å²) in [4.78, 5) is 4.18. The maximum atomic E-state index is 11.4. The third-order valence-corrected chi connectivity index (χ3v) is 5.55. The van der Waals surface area contributed by atoms with E-state index in [1.807, 2.05) is 0 Å². The van der Waals surface area contributed by atoms with E-state index in [4.69, 9.17) is 4.74 Å². The zero-order valence-electron chi connectivity index (χ0n) is 18.4. The van der Waals surface area contributed by atoms with Crippen LogP contribution in [0.2, 0.25) is 0 Å². The molecule has 1 unspecified atom stereocenters. The highest BCUT2D eigenvalue weighted by Gasteiger charge is 2.11. The lowest BCUT2D eigenvalue weighted by molar-refractivity contribution is 0.191. The van der Waals surface area contributed by atoms with Gasteiger partial charge in [0.2, 0.25) is 10.0 Å². The molecule has 0 aliphatic heterocycles. The molecule has 29 heavy (non-hydrogen) atoms. The molecule has 3 N–H and O–H groups in total. The molecule has 0 amide bonds. The van der Waals surface area contributed by atoms with E-state index in [0.29, 0.717) is 31.5 Å². The van der Waals surface area contributed by atoms with Crippen LogP contribution in [-0.2, 0) is 16.6 Å². The van der Waals surface area contributed by atoms with Gasteiger partial charge in [-0.25, -0.2) is 13.1 Å². The second-order valence-corrected chi connectivity index (χ2v) is 9.42. The molecular weight excluding hydrogens is 503 g/mol. The molecule has 0 aliphatic rings. The number of nitrogens with one attached hydrogen (secondary N) is 3. The molecule has 0 bridgehead atoms. The van der Waals surface area contributed by atoms with Crippen molar-refractivity contribution in [3.05, 3.63) is 29.3 Å². The number of halogens is 1. The summed E-state index contributed by atoms with van der Waals surface area (Å²) in [7, 11) is -1.49. The zero-order valence-corrected chi connectivity index (χ0v) is 21.6. The van der Waals surface area contributed by atoms with Gasteiger partial charge in [-0.1, -0.05) is 26.0 Å². The molecule has 168 valence electrons. The van der Waals surface area contributed by atoms with Crippen molar-refractivity contribution in [3.8, 4) is 5.75 Å². The van der Waals surface area contributed by atoms with Gasteiger partial charge in [0.05, 0.1) is 11.9 Å². The van der Waals surface area contributed by atoms with Crippen molar-refractivity contribution in [2.75, 3.05) is 25.9 Å². The molecule has 7 nitrogen and oxygen atoms in total. The monoisotopic (exact) mass is 540 g/mol. The van der Waals surface area contributed by atoms with Crippen LogP contribution in [0.1, 0.15) is 45.2 Å². The Kier molecular flexibility index (Phi) is 13.5. The third-order valence-electron chi connectivity index (χ3n) is 4.14. The van der Waals surface area contributed by atoms with Crippen LogP contribution in [0, 0.1) is 12.8 Å². The average molecular weight is 541 g/mol. The predicted molar refractivity (Wildman–Crippen MR) is 132 cm³/mol. The van der Waals surface area contributed by atoms with Crippen molar-refractivity contribution < 1.29 is 13.2 Å². The van der Waals surface area contributed by atoms with Crippen LogP contribution in [0.15, 0.2) is 23.2 Å². The second-order valence-electron chi connectivity index (χ2n) is 7.32. The molecule has 9 heteroatoms. The van der Waals surface area contributed by atoms with Crippen molar-refractivity contribution in [2.45, 2.75) is 53.7 Å². The number of ether oxygens (including phenoxy) is 1. The van der Waals surface area contributed by atoms with Crippen LogP contribution in [0.4, 0.5) is 0 Å². The molecule has 1 aromatic rings. The maximum absolute atomic E-state index is 11.4. The molecular formula is C20H37IN4O3S. The van der Waals surface area contributed by atoms with Gasteiger partial charge >= 0.3 is 0 Å². The van der Waals surface area contributed by atoms with Crippen LogP contribution >= 0.6 is 24.0 Å². The van der Waals surface area contributed by atoms with Crippen molar-refractivity contribution in [2.24, 2.45) is 10.9 Å². The van der Waals surface area contributed by atoms with Gasteiger partial charge in [0.1, 0.15) is 5.75 Å². The molecule has 0 saturated heterocycles. The number of aryl methyl sites for hydroxylation is 1. The van der Waals surface area contributed by atoms with Crippen LogP contribution in [0.3, 0.4) is 0 Å². The van der Waals surface area contributed by atoms with Gasteiger partial charge in [0.15, 0.2) is 5.96 Å². The first kappa shape index (κ1) is 27.9. The van der Waals surface area contributed by atoms with E-state index in [9.17, 15) is 8.42 Å². The number of benzene rings is 1. The lowest BCUT2D eigenvalue weighted by Crippen LogP contribution is -2.41. The Morgan fingerprint density at radius 3 is 2.45 bits per heavy atom. The molecule has 0 fully saturated rings. The molecule has 0 aliphatic carbocycles. The smallest absolute Gasteiger partial charge is 0.211 e. The SMILES string of the molecule is CCS(=O)(=O)NCCNC(=NC)NCc1ccc(C)cc1OC(C)CC(C)C.I. The van der Waals surface area contributed by atoms with Crippen molar-refractivity contribution in [1.82, 2.24) is 15.4 Å². The topological polar surface area (TPSA) is 91.8 Å². The zero-order chi connectivity index (χ0) is 21.2. The summed E-state index contributed by atoms with van der Waals surface area (Å²) in [5.74, 6) is 2.14. The average Bonchev–Trinajstić information content (AvgIpc) is 2.61. The standard InChI is InChI=1S/C20H36N4O3S.HI/c1-7-28(25,26)24-11-10-22-20(21-6)23-14-18-9-8-16(4)13-19(18)27-17(5)12-15(2)3;/h8-9,13,15,17,24H,7,10-12,14H2,1-6H3,(H2,21,22,23);1H. The van der Waals surface area contributed by atoms with Gasteiger partial charge < -0.3 is 15.4 Å².